The average Bonchev–Trinajstić information content (AvgIpc) is 3.12. The van der Waals surface area contributed by atoms with E-state index in [-0.39, 0.29) is 6.04 Å². The topological polar surface area (TPSA) is 52.1 Å². The van der Waals surface area contributed by atoms with Gasteiger partial charge in [-0.05, 0) is 45.0 Å². The van der Waals surface area contributed by atoms with Crippen molar-refractivity contribution < 1.29 is 18.9 Å². The highest BCUT2D eigenvalue weighted by atomic mass is 16.5. The summed E-state index contributed by atoms with van der Waals surface area (Å²) in [4.78, 5) is 0. The Morgan fingerprint density at radius 3 is 2.77 bits per heavy atom. The lowest BCUT2D eigenvalue weighted by Gasteiger charge is -2.06. The van der Waals surface area contributed by atoms with Crippen LogP contribution in [0.3, 0.4) is 0 Å². The lowest BCUT2D eigenvalue weighted by molar-refractivity contribution is -0.711. The highest BCUT2D eigenvalue weighted by molar-refractivity contribution is 5.83. The number of nitrogens with two attached hydrogens (primary N) is 1. The van der Waals surface area contributed by atoms with Crippen LogP contribution in [0, 0.1) is 6.92 Å². The largest absolute Gasteiger partial charge is 0.490 e. The Balaban J connectivity index is 1.76. The summed E-state index contributed by atoms with van der Waals surface area (Å²) in [6.45, 7) is 7.50. The van der Waals surface area contributed by atoms with Crippen molar-refractivity contribution in [2.24, 2.45) is 0 Å². The van der Waals surface area contributed by atoms with Crippen molar-refractivity contribution in [1.82, 2.24) is 0 Å². The van der Waals surface area contributed by atoms with Crippen LogP contribution in [0.2, 0.25) is 0 Å². The quantitative estimate of drug-likeness (QED) is 0.757. The van der Waals surface area contributed by atoms with E-state index in [4.69, 9.17) is 13.6 Å². The van der Waals surface area contributed by atoms with Crippen LogP contribution in [0.4, 0.5) is 0 Å². The fourth-order valence-corrected chi connectivity index (χ4v) is 2.55. The van der Waals surface area contributed by atoms with Crippen LogP contribution >= 0.6 is 0 Å². The first-order valence-electron chi connectivity index (χ1n) is 7.71. The van der Waals surface area contributed by atoms with Crippen molar-refractivity contribution in [3.63, 3.8) is 0 Å². The molecule has 4 heteroatoms. The second-order valence-corrected chi connectivity index (χ2v) is 5.50. The van der Waals surface area contributed by atoms with Gasteiger partial charge in [0.05, 0.1) is 6.61 Å². The molecule has 3 rings (SSSR count). The first kappa shape index (κ1) is 14.7. The molecule has 0 radical (unpaired) electrons. The molecule has 0 amide bonds. The van der Waals surface area contributed by atoms with E-state index in [2.05, 4.69) is 18.3 Å². The molecule has 1 atom stereocenters. The summed E-state index contributed by atoms with van der Waals surface area (Å²) >= 11 is 0. The van der Waals surface area contributed by atoms with Gasteiger partial charge in [0.15, 0.2) is 22.9 Å². The van der Waals surface area contributed by atoms with Gasteiger partial charge in [0.2, 0.25) is 0 Å². The van der Waals surface area contributed by atoms with Gasteiger partial charge >= 0.3 is 0 Å². The van der Waals surface area contributed by atoms with Gasteiger partial charge in [-0.1, -0.05) is 12.1 Å². The molecule has 3 aromatic rings. The maximum absolute atomic E-state index is 6.02. The second-order valence-electron chi connectivity index (χ2n) is 5.50. The van der Waals surface area contributed by atoms with Crippen molar-refractivity contribution in [3.8, 4) is 5.75 Å². The first-order valence-corrected chi connectivity index (χ1v) is 7.71. The van der Waals surface area contributed by atoms with Crippen molar-refractivity contribution >= 4 is 11.0 Å². The number of aryl methyl sites for hydroxylation is 1. The molecule has 116 valence electrons. The monoisotopic (exact) mass is 300 g/mol. The van der Waals surface area contributed by atoms with E-state index in [0.717, 1.165) is 40.5 Å². The maximum Gasteiger partial charge on any atom is 0.176 e. The number of furan rings is 2. The van der Waals surface area contributed by atoms with Gasteiger partial charge in [-0.2, -0.15) is 0 Å². The molecule has 0 bridgehead atoms. The maximum atomic E-state index is 6.02. The predicted molar refractivity (Wildman–Crippen MR) is 84.9 cm³/mol. The van der Waals surface area contributed by atoms with Crippen LogP contribution in [-0.2, 0) is 6.54 Å². The Bertz CT molecular complexity index is 757. The zero-order chi connectivity index (χ0) is 15.5. The van der Waals surface area contributed by atoms with Gasteiger partial charge < -0.3 is 18.9 Å². The molecule has 0 aliphatic heterocycles. The van der Waals surface area contributed by atoms with Gasteiger partial charge in [-0.25, -0.2) is 0 Å². The molecule has 0 unspecified atom stereocenters. The zero-order valence-corrected chi connectivity index (χ0v) is 13.3. The molecule has 2 aromatic heterocycles. The summed E-state index contributed by atoms with van der Waals surface area (Å²) in [6.07, 6.45) is 0. The van der Waals surface area contributed by atoms with Gasteiger partial charge in [-0.15, -0.1) is 0 Å². The van der Waals surface area contributed by atoms with Crippen molar-refractivity contribution in [2.75, 3.05) is 6.61 Å². The van der Waals surface area contributed by atoms with E-state index in [1.54, 1.807) is 0 Å². The summed E-state index contributed by atoms with van der Waals surface area (Å²) in [6, 6.07) is 12.3. The molecule has 0 fully saturated rings. The number of para-hydroxylation sites is 1. The van der Waals surface area contributed by atoms with Gasteiger partial charge in [0.25, 0.3) is 0 Å². The van der Waals surface area contributed by atoms with Crippen LogP contribution in [0.15, 0.2) is 45.2 Å². The smallest absolute Gasteiger partial charge is 0.176 e. The SMILES string of the molecule is CCOc1cccc2cc([C@@H](C)[NH2+]Cc3ccc(C)o3)oc12. The first-order chi connectivity index (χ1) is 10.7. The third-order valence-corrected chi connectivity index (χ3v) is 3.74. The minimum absolute atomic E-state index is 0.215. The molecule has 1 aromatic carbocycles. The lowest BCUT2D eigenvalue weighted by Crippen LogP contribution is -2.82. The normalized spacial score (nSPS) is 12.7. The number of hydrogen-bond acceptors (Lipinski definition) is 3. The number of quaternary nitrogens is 1. The number of fused-ring (bicyclic) bond motifs is 1. The Labute approximate surface area is 130 Å². The fraction of sp³-hybridized carbons (Fsp3) is 0.333. The Hall–Kier alpha value is -2.20. The summed E-state index contributed by atoms with van der Waals surface area (Å²) in [7, 11) is 0. The molecule has 2 N–H and O–H groups in total. The van der Waals surface area contributed by atoms with Crippen LogP contribution in [-0.4, -0.2) is 6.61 Å². The average molecular weight is 300 g/mol. The summed E-state index contributed by atoms with van der Waals surface area (Å²) in [5.41, 5.74) is 0.827. The lowest BCUT2D eigenvalue weighted by atomic mass is 10.2. The molecule has 0 saturated carbocycles. The molecular formula is C18H22NO3+. The highest BCUT2D eigenvalue weighted by Crippen LogP contribution is 2.30. The van der Waals surface area contributed by atoms with Crippen LogP contribution < -0.4 is 10.1 Å². The van der Waals surface area contributed by atoms with Crippen LogP contribution in [0.5, 0.6) is 5.75 Å². The molecule has 0 saturated heterocycles. The molecule has 2 heterocycles. The summed E-state index contributed by atoms with van der Waals surface area (Å²) < 4.78 is 17.2. The number of ether oxygens (including phenoxy) is 1. The van der Waals surface area contributed by atoms with Crippen LogP contribution in [0.25, 0.3) is 11.0 Å². The second kappa shape index (κ2) is 6.28. The third-order valence-electron chi connectivity index (χ3n) is 3.74. The molecule has 0 aliphatic carbocycles. The Kier molecular flexibility index (Phi) is 4.20. The summed E-state index contributed by atoms with van der Waals surface area (Å²) in [5.74, 6) is 3.68. The minimum atomic E-state index is 0.215. The Morgan fingerprint density at radius 2 is 2.05 bits per heavy atom. The van der Waals surface area contributed by atoms with E-state index < -0.39 is 0 Å². The molecular weight excluding hydrogens is 278 g/mol. The standard InChI is InChI=1S/C18H21NO3/c1-4-20-16-7-5-6-14-10-17(22-18(14)16)13(3)19-11-15-9-8-12(2)21-15/h5-10,13,19H,4,11H2,1-3H3/p+1/t13-/m1/s1. The molecule has 4 nitrogen and oxygen atoms in total. The third kappa shape index (κ3) is 3.02. The van der Waals surface area contributed by atoms with Gasteiger partial charge in [0.1, 0.15) is 18.3 Å². The summed E-state index contributed by atoms with van der Waals surface area (Å²) in [5, 5.41) is 3.28. The van der Waals surface area contributed by atoms with E-state index in [1.165, 1.54) is 0 Å². The molecule has 0 spiro atoms. The van der Waals surface area contributed by atoms with E-state index in [0.29, 0.717) is 6.61 Å². The van der Waals surface area contributed by atoms with Crippen molar-refractivity contribution in [1.29, 1.82) is 0 Å². The van der Waals surface area contributed by atoms with E-state index >= 15 is 0 Å². The van der Waals surface area contributed by atoms with E-state index in [9.17, 15) is 0 Å². The van der Waals surface area contributed by atoms with Crippen LogP contribution in [0.1, 0.15) is 37.2 Å². The molecule has 0 aliphatic rings. The zero-order valence-electron chi connectivity index (χ0n) is 13.3. The highest BCUT2D eigenvalue weighted by Gasteiger charge is 2.17. The predicted octanol–water partition coefficient (Wildman–Crippen LogP) is 3.56. The number of benzene rings is 1. The van der Waals surface area contributed by atoms with Gasteiger partial charge in [0, 0.05) is 5.39 Å². The van der Waals surface area contributed by atoms with Crippen molar-refractivity contribution in [2.45, 2.75) is 33.4 Å². The van der Waals surface area contributed by atoms with Gasteiger partial charge in [-0.3, -0.25) is 0 Å². The van der Waals surface area contributed by atoms with Crippen molar-refractivity contribution in [3.05, 3.63) is 53.7 Å². The number of rotatable bonds is 6. The van der Waals surface area contributed by atoms with E-state index in [1.807, 2.05) is 44.2 Å². The minimum Gasteiger partial charge on any atom is -0.490 e. The molecule has 22 heavy (non-hydrogen) atoms. The fourth-order valence-electron chi connectivity index (χ4n) is 2.55. The number of hydrogen-bond donors (Lipinski definition) is 1. The Morgan fingerprint density at radius 1 is 1.18 bits per heavy atom.